The number of halogens is 1. The van der Waals surface area contributed by atoms with E-state index in [2.05, 4.69) is 5.10 Å². The minimum Gasteiger partial charge on any atom is -0.489 e. The fraction of sp³-hybridized carbons (Fsp3) is 0.500. The fourth-order valence-electron chi connectivity index (χ4n) is 3.16. The first-order valence-electron chi connectivity index (χ1n) is 8.99. The van der Waals surface area contributed by atoms with Gasteiger partial charge in [-0.15, -0.1) is 0 Å². The second kappa shape index (κ2) is 8.26. The number of hydrogen-bond acceptors (Lipinski definition) is 6. The summed E-state index contributed by atoms with van der Waals surface area (Å²) in [6.45, 7) is 0.303. The fourth-order valence-corrected chi connectivity index (χ4v) is 4.85. The molecule has 1 aromatic rings. The van der Waals surface area contributed by atoms with Gasteiger partial charge in [0, 0.05) is 19.9 Å². The summed E-state index contributed by atoms with van der Waals surface area (Å²) in [6.07, 6.45) is 0.637. The van der Waals surface area contributed by atoms with Crippen LogP contribution < -0.4 is 4.74 Å². The van der Waals surface area contributed by atoms with E-state index in [4.69, 9.17) is 4.74 Å². The van der Waals surface area contributed by atoms with E-state index in [1.54, 1.807) is 19.2 Å². The monoisotopic (exact) mass is 411 g/mol. The van der Waals surface area contributed by atoms with Crippen LogP contribution in [0.1, 0.15) is 19.3 Å². The summed E-state index contributed by atoms with van der Waals surface area (Å²) in [4.78, 5) is 26.1. The molecule has 1 saturated heterocycles. The maximum absolute atomic E-state index is 13.5. The van der Waals surface area contributed by atoms with Gasteiger partial charge in [-0.05, 0) is 18.6 Å². The lowest BCUT2D eigenvalue weighted by atomic mass is 10.1. The zero-order valence-corrected chi connectivity index (χ0v) is 16.3. The molecule has 1 fully saturated rings. The third-order valence-electron chi connectivity index (χ3n) is 4.73. The molecule has 3 rings (SSSR count). The van der Waals surface area contributed by atoms with Crippen LogP contribution in [0.2, 0.25) is 0 Å². The molecule has 8 nitrogen and oxygen atoms in total. The van der Waals surface area contributed by atoms with Gasteiger partial charge in [0.05, 0.1) is 24.1 Å². The average molecular weight is 411 g/mol. The topological polar surface area (TPSA) is 96.3 Å². The molecule has 0 radical (unpaired) electrons. The third kappa shape index (κ3) is 4.67. The normalized spacial score (nSPS) is 21.4. The maximum atomic E-state index is 13.5. The summed E-state index contributed by atoms with van der Waals surface area (Å²) in [5.41, 5.74) is 0.206. The van der Waals surface area contributed by atoms with Crippen molar-refractivity contribution in [3.8, 4) is 5.75 Å². The summed E-state index contributed by atoms with van der Waals surface area (Å²) in [5, 5.41) is 5.31. The lowest BCUT2D eigenvalue weighted by Gasteiger charge is -2.28. The number of amides is 2. The first-order chi connectivity index (χ1) is 13.3. The Bertz CT molecular complexity index is 902. The number of carbonyl (C=O) groups excluding carboxylic acids is 2. The first-order valence-corrected chi connectivity index (χ1v) is 10.8. The zero-order valence-electron chi connectivity index (χ0n) is 15.5. The number of ether oxygens (including phenoxy) is 1. The van der Waals surface area contributed by atoms with Crippen molar-refractivity contribution in [1.82, 2.24) is 9.91 Å². The zero-order chi connectivity index (χ0) is 20.3. The average Bonchev–Trinajstić information content (AvgIpc) is 3.02. The van der Waals surface area contributed by atoms with Gasteiger partial charge in [0.15, 0.2) is 21.4 Å². The number of likely N-dealkylation sites (N-methyl/N-ethyl adjacent to an activating group) is 1. The van der Waals surface area contributed by atoms with E-state index >= 15 is 0 Å². The van der Waals surface area contributed by atoms with Crippen molar-refractivity contribution in [2.75, 3.05) is 31.7 Å². The van der Waals surface area contributed by atoms with Crippen molar-refractivity contribution < 1.29 is 27.1 Å². The van der Waals surface area contributed by atoms with Crippen LogP contribution in [-0.4, -0.2) is 73.6 Å². The molecule has 1 atom stereocenters. The lowest BCUT2D eigenvalue weighted by molar-refractivity contribution is -0.134. The second-order valence-corrected chi connectivity index (χ2v) is 9.08. The third-order valence-corrected chi connectivity index (χ3v) is 6.48. The van der Waals surface area contributed by atoms with Crippen LogP contribution in [0.4, 0.5) is 4.39 Å². The smallest absolute Gasteiger partial charge is 0.269 e. The number of para-hydroxylation sites is 1. The van der Waals surface area contributed by atoms with Gasteiger partial charge in [0.1, 0.15) is 12.3 Å². The van der Waals surface area contributed by atoms with Gasteiger partial charge in [-0.2, -0.15) is 5.10 Å². The van der Waals surface area contributed by atoms with Gasteiger partial charge >= 0.3 is 0 Å². The lowest BCUT2D eigenvalue weighted by Crippen LogP contribution is -2.44. The molecule has 1 aromatic carbocycles. The maximum Gasteiger partial charge on any atom is 0.269 e. The predicted octanol–water partition coefficient (Wildman–Crippen LogP) is 0.828. The van der Waals surface area contributed by atoms with Crippen LogP contribution >= 0.6 is 0 Å². The molecule has 0 spiro atoms. The van der Waals surface area contributed by atoms with Gasteiger partial charge in [0.25, 0.3) is 5.91 Å². The number of hydrogen-bond donors (Lipinski definition) is 0. The molecular formula is C18H22FN3O5S. The summed E-state index contributed by atoms with van der Waals surface area (Å²) < 4.78 is 42.2. The number of hydrazone groups is 1. The highest BCUT2D eigenvalue weighted by Gasteiger charge is 2.37. The quantitative estimate of drug-likeness (QED) is 0.691. The van der Waals surface area contributed by atoms with Crippen LogP contribution in [-0.2, 0) is 19.4 Å². The van der Waals surface area contributed by atoms with Gasteiger partial charge in [-0.25, -0.2) is 17.8 Å². The van der Waals surface area contributed by atoms with Crippen LogP contribution in [0, 0.1) is 5.82 Å². The Morgan fingerprint density at radius 2 is 2.11 bits per heavy atom. The molecule has 2 amide bonds. The van der Waals surface area contributed by atoms with Crippen molar-refractivity contribution in [3.05, 3.63) is 30.1 Å². The van der Waals surface area contributed by atoms with E-state index in [0.29, 0.717) is 6.42 Å². The highest BCUT2D eigenvalue weighted by Crippen LogP contribution is 2.22. The van der Waals surface area contributed by atoms with E-state index in [1.807, 2.05) is 0 Å². The van der Waals surface area contributed by atoms with Gasteiger partial charge in [-0.3, -0.25) is 9.59 Å². The Balaban J connectivity index is 1.60. The van der Waals surface area contributed by atoms with Crippen molar-refractivity contribution in [2.24, 2.45) is 5.10 Å². The molecule has 0 aliphatic carbocycles. The number of carbonyl (C=O) groups is 2. The van der Waals surface area contributed by atoms with Crippen molar-refractivity contribution in [1.29, 1.82) is 0 Å². The minimum atomic E-state index is -3.17. The van der Waals surface area contributed by atoms with Crippen LogP contribution in [0.3, 0.4) is 0 Å². The van der Waals surface area contributed by atoms with Crippen LogP contribution in [0.25, 0.3) is 0 Å². The van der Waals surface area contributed by atoms with E-state index in [9.17, 15) is 22.4 Å². The standard InChI is InChI=1S/C18H22FN3O5S/c1-21(9-10-27-16-5-3-2-4-14(16)19)18(24)15-6-7-17(23)22(20-15)13-8-11-28(25,26)12-13/h2-5,13H,6-12H2,1H3. The van der Waals surface area contributed by atoms with Gasteiger partial charge in [-0.1, -0.05) is 12.1 Å². The molecule has 2 heterocycles. The first kappa shape index (κ1) is 20.2. The molecule has 2 aliphatic rings. The summed E-state index contributed by atoms with van der Waals surface area (Å²) >= 11 is 0. The summed E-state index contributed by atoms with van der Waals surface area (Å²) in [5.74, 6) is -1.12. The number of benzene rings is 1. The molecule has 0 bridgehead atoms. The molecule has 0 aromatic heterocycles. The number of nitrogens with zero attached hydrogens (tertiary/aromatic N) is 3. The molecule has 10 heteroatoms. The molecule has 1 unspecified atom stereocenters. The Labute approximate surface area is 162 Å². The summed E-state index contributed by atoms with van der Waals surface area (Å²) in [6, 6.07) is 5.48. The Hall–Kier alpha value is -2.49. The largest absolute Gasteiger partial charge is 0.489 e. The van der Waals surface area contributed by atoms with Gasteiger partial charge in [0.2, 0.25) is 5.91 Å². The van der Waals surface area contributed by atoms with E-state index in [-0.39, 0.29) is 60.8 Å². The predicted molar refractivity (Wildman–Crippen MR) is 100 cm³/mol. The number of sulfone groups is 1. The van der Waals surface area contributed by atoms with Crippen molar-refractivity contribution in [3.63, 3.8) is 0 Å². The van der Waals surface area contributed by atoms with E-state index < -0.39 is 21.7 Å². The minimum absolute atomic E-state index is 0.0214. The van der Waals surface area contributed by atoms with Crippen LogP contribution in [0.5, 0.6) is 5.75 Å². The van der Waals surface area contributed by atoms with E-state index in [0.717, 1.165) is 5.01 Å². The molecule has 2 aliphatic heterocycles. The highest BCUT2D eigenvalue weighted by molar-refractivity contribution is 7.91. The Kier molecular flexibility index (Phi) is 5.97. The molecule has 152 valence electrons. The molecule has 28 heavy (non-hydrogen) atoms. The van der Waals surface area contributed by atoms with Crippen molar-refractivity contribution >= 4 is 27.4 Å². The SMILES string of the molecule is CN(CCOc1ccccc1F)C(=O)C1=NN(C2CCS(=O)(=O)C2)C(=O)CC1. The molecular weight excluding hydrogens is 389 g/mol. The number of rotatable bonds is 6. The van der Waals surface area contributed by atoms with E-state index in [1.165, 1.54) is 17.0 Å². The Morgan fingerprint density at radius 1 is 1.36 bits per heavy atom. The highest BCUT2D eigenvalue weighted by atomic mass is 32.2. The van der Waals surface area contributed by atoms with Gasteiger partial charge < -0.3 is 9.64 Å². The molecule has 0 N–H and O–H groups in total. The van der Waals surface area contributed by atoms with Crippen LogP contribution in [0.15, 0.2) is 29.4 Å². The van der Waals surface area contributed by atoms with Crippen molar-refractivity contribution in [2.45, 2.75) is 25.3 Å². The molecule has 0 saturated carbocycles. The Morgan fingerprint density at radius 3 is 2.79 bits per heavy atom. The second-order valence-electron chi connectivity index (χ2n) is 6.85. The summed E-state index contributed by atoms with van der Waals surface area (Å²) in [7, 11) is -1.60.